The van der Waals surface area contributed by atoms with Crippen molar-refractivity contribution < 1.29 is 4.79 Å². The fraction of sp³-hybridized carbons (Fsp3) is 0.214. The third kappa shape index (κ3) is 5.78. The van der Waals surface area contributed by atoms with Crippen LogP contribution in [0.15, 0.2) is 72.8 Å². The molecule has 0 aliphatic rings. The lowest BCUT2D eigenvalue weighted by Gasteiger charge is -2.23. The van der Waals surface area contributed by atoms with Crippen molar-refractivity contribution in [3.63, 3.8) is 0 Å². The summed E-state index contributed by atoms with van der Waals surface area (Å²) in [5, 5.41) is 15.1. The van der Waals surface area contributed by atoms with Crippen molar-refractivity contribution in [1.29, 1.82) is 10.8 Å². The number of nitrogens with two attached hydrogens (primary N) is 2. The molecule has 6 N–H and O–H groups in total. The van der Waals surface area contributed by atoms with Crippen molar-refractivity contribution in [2.75, 3.05) is 6.54 Å². The van der Waals surface area contributed by atoms with Gasteiger partial charge in [-0.2, -0.15) is 0 Å². The summed E-state index contributed by atoms with van der Waals surface area (Å²) in [6, 6.07) is 23.1. The number of hydrogen-bond donors (Lipinski definition) is 4. The molecule has 8 heteroatoms. The molecule has 1 amide bonds. The second-order valence-electron chi connectivity index (χ2n) is 8.89. The van der Waals surface area contributed by atoms with Crippen molar-refractivity contribution >= 4 is 28.6 Å². The lowest BCUT2D eigenvalue weighted by atomic mass is 10.1. The SMILES string of the molecule is Cn1c(CCc2ccc(C(=N)N)cc2)nc2cc(C(=O)N(CCC(=N)N)Cc3ccccc3)ccc21. The zero-order valence-corrected chi connectivity index (χ0v) is 20.4. The molecular formula is C28H31N7O. The molecule has 0 spiro atoms. The summed E-state index contributed by atoms with van der Waals surface area (Å²) >= 11 is 0. The van der Waals surface area contributed by atoms with Gasteiger partial charge in [-0.25, -0.2) is 4.98 Å². The summed E-state index contributed by atoms with van der Waals surface area (Å²) in [4.78, 5) is 20.0. The van der Waals surface area contributed by atoms with Crippen molar-refractivity contribution in [2.24, 2.45) is 18.5 Å². The van der Waals surface area contributed by atoms with Gasteiger partial charge in [0.1, 0.15) is 11.7 Å². The molecule has 0 aliphatic carbocycles. The highest BCUT2D eigenvalue weighted by Gasteiger charge is 2.18. The number of rotatable bonds is 10. The summed E-state index contributed by atoms with van der Waals surface area (Å²) in [7, 11) is 1.99. The van der Waals surface area contributed by atoms with Gasteiger partial charge in [-0.1, -0.05) is 54.6 Å². The van der Waals surface area contributed by atoms with Crippen LogP contribution in [0.1, 0.15) is 39.3 Å². The van der Waals surface area contributed by atoms with Gasteiger partial charge < -0.3 is 20.9 Å². The van der Waals surface area contributed by atoms with Crippen LogP contribution >= 0.6 is 0 Å². The van der Waals surface area contributed by atoms with Gasteiger partial charge in [0.15, 0.2) is 0 Å². The average Bonchev–Trinajstić information content (AvgIpc) is 3.20. The van der Waals surface area contributed by atoms with Gasteiger partial charge >= 0.3 is 0 Å². The standard InChI is InChI=1S/C28H31N7O/c1-34-24-13-12-22(28(36)35(16-15-25(29)30)18-20-5-3-2-4-6-20)17-23(24)33-26(34)14-9-19-7-10-21(11-8-19)27(31)32/h2-8,10-13,17H,9,14-16,18H2,1H3,(H3,29,30)(H3,31,32). The predicted molar refractivity (Wildman–Crippen MR) is 143 cm³/mol. The number of aryl methyl sites for hydroxylation is 3. The largest absolute Gasteiger partial charge is 0.388 e. The molecule has 1 heterocycles. The number of carbonyl (C=O) groups is 1. The number of fused-ring (bicyclic) bond motifs is 1. The van der Waals surface area contributed by atoms with Crippen LogP contribution in [0.25, 0.3) is 11.0 Å². The highest BCUT2D eigenvalue weighted by Crippen LogP contribution is 2.20. The maximum Gasteiger partial charge on any atom is 0.254 e. The second kappa shape index (κ2) is 10.9. The molecule has 4 aromatic rings. The van der Waals surface area contributed by atoms with E-state index in [1.807, 2.05) is 79.8 Å². The molecule has 0 aliphatic heterocycles. The Morgan fingerprint density at radius 3 is 2.28 bits per heavy atom. The van der Waals surface area contributed by atoms with Gasteiger partial charge in [-0.15, -0.1) is 0 Å². The highest BCUT2D eigenvalue weighted by atomic mass is 16.2. The summed E-state index contributed by atoms with van der Waals surface area (Å²) in [6.45, 7) is 0.817. The molecule has 0 radical (unpaired) electrons. The quantitative estimate of drug-likeness (QED) is 0.203. The van der Waals surface area contributed by atoms with Crippen molar-refractivity contribution in [1.82, 2.24) is 14.5 Å². The number of nitrogen functional groups attached to an aromatic ring is 1. The molecule has 1 aromatic heterocycles. The Morgan fingerprint density at radius 1 is 0.917 bits per heavy atom. The molecule has 0 fully saturated rings. The van der Waals surface area contributed by atoms with E-state index in [9.17, 15) is 4.79 Å². The third-order valence-corrected chi connectivity index (χ3v) is 6.28. The number of aromatic nitrogens is 2. The summed E-state index contributed by atoms with van der Waals surface area (Å²) < 4.78 is 2.06. The van der Waals surface area contributed by atoms with Crippen LogP contribution < -0.4 is 11.5 Å². The molecule has 184 valence electrons. The van der Waals surface area contributed by atoms with E-state index in [0.717, 1.165) is 40.8 Å². The Morgan fingerprint density at radius 2 is 1.61 bits per heavy atom. The molecule has 8 nitrogen and oxygen atoms in total. The molecule has 0 saturated carbocycles. The molecular weight excluding hydrogens is 450 g/mol. The minimum atomic E-state index is -0.111. The Kier molecular flexibility index (Phi) is 7.44. The topological polar surface area (TPSA) is 138 Å². The second-order valence-corrected chi connectivity index (χ2v) is 8.89. The number of hydrogen-bond acceptors (Lipinski definition) is 4. The smallest absolute Gasteiger partial charge is 0.254 e. The number of carbonyl (C=O) groups excluding carboxylic acids is 1. The van der Waals surface area contributed by atoms with Crippen LogP contribution in [0.5, 0.6) is 0 Å². The van der Waals surface area contributed by atoms with Crippen LogP contribution in [0, 0.1) is 10.8 Å². The van der Waals surface area contributed by atoms with E-state index < -0.39 is 0 Å². The van der Waals surface area contributed by atoms with Gasteiger partial charge in [-0.3, -0.25) is 15.6 Å². The zero-order chi connectivity index (χ0) is 25.7. The van der Waals surface area contributed by atoms with Gasteiger partial charge in [-0.05, 0) is 35.7 Å². The number of benzene rings is 3. The number of amidine groups is 2. The van der Waals surface area contributed by atoms with E-state index in [4.69, 9.17) is 27.3 Å². The zero-order valence-electron chi connectivity index (χ0n) is 20.4. The molecule has 3 aromatic carbocycles. The van der Waals surface area contributed by atoms with E-state index in [1.165, 1.54) is 0 Å². The lowest BCUT2D eigenvalue weighted by molar-refractivity contribution is 0.0748. The van der Waals surface area contributed by atoms with Crippen LogP contribution in [-0.2, 0) is 26.4 Å². The minimum absolute atomic E-state index is 0.0571. The normalized spacial score (nSPS) is 10.9. The van der Waals surface area contributed by atoms with E-state index >= 15 is 0 Å². The van der Waals surface area contributed by atoms with Crippen LogP contribution in [0.4, 0.5) is 0 Å². The van der Waals surface area contributed by atoms with Gasteiger partial charge in [0.25, 0.3) is 5.91 Å². The maximum absolute atomic E-state index is 13.4. The van der Waals surface area contributed by atoms with Gasteiger partial charge in [0.2, 0.25) is 0 Å². The first-order chi connectivity index (χ1) is 17.3. The lowest BCUT2D eigenvalue weighted by Crippen LogP contribution is -2.33. The van der Waals surface area contributed by atoms with Gasteiger partial charge in [0, 0.05) is 44.1 Å². The van der Waals surface area contributed by atoms with Crippen molar-refractivity contribution in [3.8, 4) is 0 Å². The first kappa shape index (κ1) is 24.7. The van der Waals surface area contributed by atoms with Gasteiger partial charge in [0.05, 0.1) is 16.9 Å². The minimum Gasteiger partial charge on any atom is -0.388 e. The predicted octanol–water partition coefficient (Wildman–Crippen LogP) is 3.61. The molecule has 36 heavy (non-hydrogen) atoms. The molecule has 0 bridgehead atoms. The first-order valence-electron chi connectivity index (χ1n) is 11.9. The number of amides is 1. The van der Waals surface area contributed by atoms with Crippen LogP contribution in [-0.4, -0.2) is 38.6 Å². The Hall–Kier alpha value is -4.46. The fourth-order valence-corrected chi connectivity index (χ4v) is 4.21. The molecule has 0 unspecified atom stereocenters. The number of nitrogens with one attached hydrogen (secondary N) is 2. The van der Waals surface area contributed by atoms with E-state index in [0.29, 0.717) is 30.6 Å². The van der Waals surface area contributed by atoms with Crippen LogP contribution in [0.2, 0.25) is 0 Å². The number of nitrogens with zero attached hydrogens (tertiary/aromatic N) is 3. The fourth-order valence-electron chi connectivity index (χ4n) is 4.21. The van der Waals surface area contributed by atoms with E-state index in [2.05, 4.69) is 4.57 Å². The molecule has 4 rings (SSSR count). The maximum atomic E-state index is 13.4. The summed E-state index contributed by atoms with van der Waals surface area (Å²) in [5.74, 6) is 0.940. The van der Waals surface area contributed by atoms with E-state index in [-0.39, 0.29) is 17.6 Å². The Balaban J connectivity index is 1.53. The highest BCUT2D eigenvalue weighted by molar-refractivity contribution is 5.97. The average molecular weight is 482 g/mol. The third-order valence-electron chi connectivity index (χ3n) is 6.28. The Bertz CT molecular complexity index is 1390. The summed E-state index contributed by atoms with van der Waals surface area (Å²) in [5.41, 5.74) is 16.3. The number of imidazole rings is 1. The summed E-state index contributed by atoms with van der Waals surface area (Å²) in [6.07, 6.45) is 1.87. The first-order valence-corrected chi connectivity index (χ1v) is 11.9. The van der Waals surface area contributed by atoms with Crippen LogP contribution in [0.3, 0.4) is 0 Å². The molecule has 0 atom stereocenters. The monoisotopic (exact) mass is 481 g/mol. The Labute approximate surface area is 210 Å². The van der Waals surface area contributed by atoms with E-state index in [1.54, 1.807) is 4.90 Å². The van der Waals surface area contributed by atoms with Crippen molar-refractivity contribution in [3.05, 3.63) is 101 Å². The molecule has 0 saturated heterocycles. The van der Waals surface area contributed by atoms with Crippen molar-refractivity contribution in [2.45, 2.75) is 25.8 Å².